The van der Waals surface area contributed by atoms with Gasteiger partial charge in [0.1, 0.15) is 0 Å². The molecule has 0 spiro atoms. The van der Waals surface area contributed by atoms with Gasteiger partial charge in [-0.3, -0.25) is 4.57 Å². The van der Waals surface area contributed by atoms with Crippen LogP contribution < -0.4 is 5.32 Å². The van der Waals surface area contributed by atoms with E-state index in [9.17, 15) is 9.59 Å². The summed E-state index contributed by atoms with van der Waals surface area (Å²) >= 11 is 0. The van der Waals surface area contributed by atoms with E-state index in [0.717, 1.165) is 29.4 Å². The van der Waals surface area contributed by atoms with Crippen LogP contribution in [-0.2, 0) is 16.0 Å². The molecule has 2 heterocycles. The number of carbonyl (C=O) groups is 2. The molecule has 148 valence electrons. The molecule has 0 fully saturated rings. The number of nitrogens with zero attached hydrogens (tertiary/aromatic N) is 3. The van der Waals surface area contributed by atoms with Gasteiger partial charge in [0.2, 0.25) is 0 Å². The zero-order valence-corrected chi connectivity index (χ0v) is 16.5. The molecule has 28 heavy (non-hydrogen) atoms. The number of rotatable bonds is 6. The largest absolute Gasteiger partial charge is 0.441 e. The van der Waals surface area contributed by atoms with E-state index >= 15 is 0 Å². The molecule has 0 radical (unpaired) electrons. The van der Waals surface area contributed by atoms with Gasteiger partial charge in [0.25, 0.3) is 0 Å². The van der Waals surface area contributed by atoms with Gasteiger partial charge in [-0.1, -0.05) is 24.3 Å². The number of nitrogens with one attached hydrogen (secondary N) is 1. The number of esters is 1. The maximum Gasteiger partial charge on any atom is 0.337 e. The molecule has 0 unspecified atom stereocenters. The molecule has 0 saturated carbocycles. The van der Waals surface area contributed by atoms with Crippen LogP contribution in [0.3, 0.4) is 0 Å². The van der Waals surface area contributed by atoms with E-state index in [2.05, 4.69) is 10.2 Å². The molecule has 1 N–H and O–H groups in total. The van der Waals surface area contributed by atoms with Crippen LogP contribution in [-0.4, -0.2) is 60.8 Å². The fourth-order valence-corrected chi connectivity index (χ4v) is 3.13. The first-order valence-electron chi connectivity index (χ1n) is 9.24. The highest BCUT2D eigenvalue weighted by atomic mass is 16.5. The summed E-state index contributed by atoms with van der Waals surface area (Å²) in [5.74, 6) is -0.430. The predicted molar refractivity (Wildman–Crippen MR) is 109 cm³/mol. The van der Waals surface area contributed by atoms with E-state index in [0.29, 0.717) is 12.0 Å². The summed E-state index contributed by atoms with van der Waals surface area (Å²) in [6.45, 7) is 0.715. The highest BCUT2D eigenvalue weighted by Gasteiger charge is 2.16. The number of allylic oxidation sites excluding steroid dienone is 1. The van der Waals surface area contributed by atoms with Crippen molar-refractivity contribution >= 4 is 22.9 Å². The molecule has 0 bridgehead atoms. The number of aromatic nitrogens is 1. The second kappa shape index (κ2) is 8.75. The van der Waals surface area contributed by atoms with Crippen molar-refractivity contribution in [2.75, 3.05) is 34.4 Å². The molecule has 7 heteroatoms. The Morgan fingerprint density at radius 2 is 2.04 bits per heavy atom. The summed E-state index contributed by atoms with van der Waals surface area (Å²) in [4.78, 5) is 28.7. The maximum absolute atomic E-state index is 12.6. The SMILES string of the molecule is CN1C=CCC(C(=O)OCNC(=O)n2cc(CCN(C)C)c3ccccc32)=C1. The van der Waals surface area contributed by atoms with E-state index in [1.807, 2.05) is 63.9 Å². The molecule has 0 atom stereocenters. The Morgan fingerprint density at radius 3 is 2.79 bits per heavy atom. The molecule has 2 aromatic rings. The third-order valence-electron chi connectivity index (χ3n) is 4.57. The van der Waals surface area contributed by atoms with Gasteiger partial charge >= 0.3 is 12.0 Å². The minimum absolute atomic E-state index is 0.179. The molecule has 1 aliphatic heterocycles. The molecule has 7 nitrogen and oxygen atoms in total. The van der Waals surface area contributed by atoms with E-state index < -0.39 is 5.97 Å². The van der Waals surface area contributed by atoms with E-state index in [4.69, 9.17) is 4.74 Å². The van der Waals surface area contributed by atoms with Gasteiger partial charge in [0.15, 0.2) is 6.73 Å². The van der Waals surface area contributed by atoms with Gasteiger partial charge in [0.05, 0.1) is 11.1 Å². The van der Waals surface area contributed by atoms with Crippen molar-refractivity contribution in [3.8, 4) is 0 Å². The van der Waals surface area contributed by atoms with Gasteiger partial charge in [0, 0.05) is 37.8 Å². The summed E-state index contributed by atoms with van der Waals surface area (Å²) in [6, 6.07) is 7.48. The second-order valence-corrected chi connectivity index (χ2v) is 7.06. The highest BCUT2D eigenvalue weighted by molar-refractivity contribution is 5.94. The number of para-hydroxylation sites is 1. The third-order valence-corrected chi connectivity index (χ3v) is 4.57. The van der Waals surface area contributed by atoms with Gasteiger partial charge in [-0.15, -0.1) is 0 Å². The van der Waals surface area contributed by atoms with Crippen molar-refractivity contribution in [1.29, 1.82) is 0 Å². The third kappa shape index (κ3) is 4.61. The van der Waals surface area contributed by atoms with Crippen molar-refractivity contribution in [2.45, 2.75) is 12.8 Å². The van der Waals surface area contributed by atoms with Crippen molar-refractivity contribution in [3.63, 3.8) is 0 Å². The van der Waals surface area contributed by atoms with Crippen LogP contribution in [0, 0.1) is 0 Å². The Hall–Kier alpha value is -3.06. The Bertz CT molecular complexity index is 927. The first kappa shape index (κ1) is 19.7. The maximum atomic E-state index is 12.6. The first-order chi connectivity index (χ1) is 13.5. The van der Waals surface area contributed by atoms with Crippen LogP contribution in [0.25, 0.3) is 10.9 Å². The summed E-state index contributed by atoms with van der Waals surface area (Å²) in [5.41, 5.74) is 2.50. The monoisotopic (exact) mass is 382 g/mol. The Balaban J connectivity index is 1.64. The van der Waals surface area contributed by atoms with Crippen molar-refractivity contribution in [2.24, 2.45) is 0 Å². The quantitative estimate of drug-likeness (QED) is 0.614. The minimum Gasteiger partial charge on any atom is -0.441 e. The number of likely N-dealkylation sites (N-methyl/N-ethyl adjacent to an activating group) is 1. The van der Waals surface area contributed by atoms with Crippen LogP contribution in [0.4, 0.5) is 4.79 Å². The summed E-state index contributed by atoms with van der Waals surface area (Å²) in [6.07, 6.45) is 8.71. The van der Waals surface area contributed by atoms with E-state index in [-0.39, 0.29) is 12.8 Å². The van der Waals surface area contributed by atoms with Gasteiger partial charge < -0.3 is 19.9 Å². The smallest absolute Gasteiger partial charge is 0.337 e. The lowest BCUT2D eigenvalue weighted by molar-refractivity contribution is -0.139. The Morgan fingerprint density at radius 1 is 1.25 bits per heavy atom. The number of hydrogen-bond donors (Lipinski definition) is 1. The van der Waals surface area contributed by atoms with Gasteiger partial charge in [-0.05, 0) is 38.3 Å². The number of benzene rings is 1. The lowest BCUT2D eigenvalue weighted by Crippen LogP contribution is -2.31. The lowest BCUT2D eigenvalue weighted by atomic mass is 10.1. The molecule has 1 amide bonds. The summed E-state index contributed by atoms with van der Waals surface area (Å²) in [7, 11) is 5.89. The molecular weight excluding hydrogens is 356 g/mol. The Labute approximate surface area is 164 Å². The minimum atomic E-state index is -0.430. The lowest BCUT2D eigenvalue weighted by Gasteiger charge is -2.16. The van der Waals surface area contributed by atoms with Crippen LogP contribution in [0.1, 0.15) is 12.0 Å². The number of carbonyl (C=O) groups excluding carboxylic acids is 2. The van der Waals surface area contributed by atoms with E-state index in [1.54, 1.807) is 15.7 Å². The standard InChI is InChI=1S/C21H26N4O3/c1-23(2)12-10-16-14-25(19-9-5-4-8-18(16)19)21(27)22-15-28-20(26)17-7-6-11-24(3)13-17/h4-6,8-9,11,13-14H,7,10,12,15H2,1-3H3,(H,22,27). The fourth-order valence-electron chi connectivity index (χ4n) is 3.13. The molecule has 0 aliphatic carbocycles. The average Bonchev–Trinajstić information content (AvgIpc) is 3.05. The van der Waals surface area contributed by atoms with Crippen molar-refractivity contribution in [3.05, 3.63) is 60.1 Å². The Kier molecular flexibility index (Phi) is 6.16. The number of ether oxygens (including phenoxy) is 1. The van der Waals surface area contributed by atoms with Crippen LogP contribution in [0.5, 0.6) is 0 Å². The second-order valence-electron chi connectivity index (χ2n) is 7.06. The zero-order valence-electron chi connectivity index (χ0n) is 16.5. The fraction of sp³-hybridized carbons (Fsp3) is 0.333. The van der Waals surface area contributed by atoms with Crippen LogP contribution in [0.2, 0.25) is 0 Å². The zero-order chi connectivity index (χ0) is 20.1. The number of amides is 1. The van der Waals surface area contributed by atoms with Crippen LogP contribution >= 0.6 is 0 Å². The highest BCUT2D eigenvalue weighted by Crippen LogP contribution is 2.21. The van der Waals surface area contributed by atoms with Crippen molar-refractivity contribution < 1.29 is 14.3 Å². The molecule has 0 saturated heterocycles. The average molecular weight is 382 g/mol. The predicted octanol–water partition coefficient (Wildman–Crippen LogP) is 2.54. The normalized spacial score (nSPS) is 13.7. The molecule has 1 aliphatic rings. The summed E-state index contributed by atoms with van der Waals surface area (Å²) < 4.78 is 6.77. The first-order valence-corrected chi connectivity index (χ1v) is 9.24. The summed E-state index contributed by atoms with van der Waals surface area (Å²) in [5, 5.41) is 3.72. The van der Waals surface area contributed by atoms with Gasteiger partial charge in [-0.25, -0.2) is 9.59 Å². The molecule has 3 rings (SSSR count). The van der Waals surface area contributed by atoms with E-state index in [1.165, 1.54) is 0 Å². The molecule has 1 aromatic heterocycles. The number of fused-ring (bicyclic) bond motifs is 1. The molecular formula is C21H26N4O3. The molecule has 1 aromatic carbocycles. The van der Waals surface area contributed by atoms with Gasteiger partial charge in [-0.2, -0.15) is 0 Å². The number of hydrogen-bond acceptors (Lipinski definition) is 5. The van der Waals surface area contributed by atoms with Crippen molar-refractivity contribution in [1.82, 2.24) is 19.7 Å². The topological polar surface area (TPSA) is 66.8 Å². The van der Waals surface area contributed by atoms with Crippen LogP contribution in [0.15, 0.2) is 54.5 Å².